The highest BCUT2D eigenvalue weighted by atomic mass is 32.2. The highest BCUT2D eigenvalue weighted by Gasteiger charge is 2.43. The number of hydrogen-bond acceptors (Lipinski definition) is 5. The zero-order chi connectivity index (χ0) is 16.8. The van der Waals surface area contributed by atoms with Crippen molar-refractivity contribution in [1.82, 2.24) is 4.57 Å². The van der Waals surface area contributed by atoms with Gasteiger partial charge in [-0.2, -0.15) is 0 Å². The maximum atomic E-state index is 12.7. The molecule has 0 spiro atoms. The summed E-state index contributed by atoms with van der Waals surface area (Å²) in [4.78, 5) is 25.3. The summed E-state index contributed by atoms with van der Waals surface area (Å²) < 4.78 is 12.6. The fourth-order valence-electron chi connectivity index (χ4n) is 3.85. The first-order valence-corrected chi connectivity index (χ1v) is 9.26. The molecule has 0 N–H and O–H groups in total. The van der Waals surface area contributed by atoms with Gasteiger partial charge in [-0.05, 0) is 32.1 Å². The van der Waals surface area contributed by atoms with Crippen molar-refractivity contribution in [2.75, 3.05) is 13.2 Å². The second-order valence-electron chi connectivity index (χ2n) is 5.98. The van der Waals surface area contributed by atoms with Gasteiger partial charge >= 0.3 is 11.9 Å². The normalized spacial score (nSPS) is 22.8. The molecule has 6 heteroatoms. The number of hydrogen-bond donors (Lipinski definition) is 0. The summed E-state index contributed by atoms with van der Waals surface area (Å²) in [7, 11) is 0. The molecule has 4 heterocycles. The first-order valence-electron chi connectivity index (χ1n) is 8.32. The zero-order valence-corrected chi connectivity index (χ0v) is 14.5. The molecule has 0 aliphatic carbocycles. The van der Waals surface area contributed by atoms with E-state index in [0.717, 1.165) is 24.2 Å². The number of allylic oxidation sites excluding steroid dienone is 3. The lowest BCUT2D eigenvalue weighted by molar-refractivity contribution is 0.0478. The summed E-state index contributed by atoms with van der Waals surface area (Å²) in [5.41, 5.74) is 3.78. The standard InChI is InChI=1S/C18H19NO4S/c1-3-22-17(20)13-12-6-5-11-9-10-7-8-24-16(10)15(19(11)12)14(13)18(21)23-4-2/h7-10,16H,3-6H2,1-2H3. The van der Waals surface area contributed by atoms with Crippen LogP contribution < -0.4 is 0 Å². The van der Waals surface area contributed by atoms with Gasteiger partial charge < -0.3 is 14.0 Å². The van der Waals surface area contributed by atoms with Crippen molar-refractivity contribution in [3.63, 3.8) is 0 Å². The first kappa shape index (κ1) is 15.6. The minimum absolute atomic E-state index is 0.119. The first-order chi connectivity index (χ1) is 11.7. The molecule has 0 radical (unpaired) electrons. The van der Waals surface area contributed by atoms with Crippen LogP contribution in [0.5, 0.6) is 0 Å². The van der Waals surface area contributed by atoms with Gasteiger partial charge in [-0.15, -0.1) is 11.8 Å². The Kier molecular flexibility index (Phi) is 3.79. The van der Waals surface area contributed by atoms with Crippen LogP contribution >= 0.6 is 11.8 Å². The maximum absolute atomic E-state index is 12.7. The number of thioether (sulfide) groups is 1. The van der Waals surface area contributed by atoms with Gasteiger partial charge in [0.05, 0.1) is 35.3 Å². The van der Waals surface area contributed by atoms with Gasteiger partial charge in [0.25, 0.3) is 0 Å². The van der Waals surface area contributed by atoms with Crippen LogP contribution in [0.3, 0.4) is 0 Å². The summed E-state index contributed by atoms with van der Waals surface area (Å²) >= 11 is 1.69. The van der Waals surface area contributed by atoms with Gasteiger partial charge in [-0.25, -0.2) is 9.59 Å². The van der Waals surface area contributed by atoms with Crippen LogP contribution in [0.15, 0.2) is 17.6 Å². The fraction of sp³-hybridized carbons (Fsp3) is 0.444. The number of fused-ring (bicyclic) bond motifs is 2. The predicted molar refractivity (Wildman–Crippen MR) is 91.9 cm³/mol. The van der Waals surface area contributed by atoms with E-state index in [2.05, 4.69) is 22.1 Å². The molecule has 1 aromatic rings. The van der Waals surface area contributed by atoms with Crippen LogP contribution in [0.25, 0.3) is 5.70 Å². The van der Waals surface area contributed by atoms with E-state index < -0.39 is 11.9 Å². The van der Waals surface area contributed by atoms with Crippen LogP contribution in [-0.4, -0.2) is 29.7 Å². The van der Waals surface area contributed by atoms with E-state index in [1.54, 1.807) is 25.6 Å². The summed E-state index contributed by atoms with van der Waals surface area (Å²) in [6.07, 6.45) is 6.06. The third kappa shape index (κ3) is 2.09. The number of ether oxygens (including phenoxy) is 2. The average molecular weight is 345 g/mol. The van der Waals surface area contributed by atoms with Crippen LogP contribution in [0.4, 0.5) is 0 Å². The monoisotopic (exact) mass is 345 g/mol. The molecule has 2 atom stereocenters. The minimum atomic E-state index is -0.426. The lowest BCUT2D eigenvalue weighted by Crippen LogP contribution is -2.19. The number of aromatic nitrogens is 1. The van der Waals surface area contributed by atoms with Crippen molar-refractivity contribution in [2.45, 2.75) is 31.9 Å². The van der Waals surface area contributed by atoms with Gasteiger partial charge in [0.1, 0.15) is 0 Å². The summed E-state index contributed by atoms with van der Waals surface area (Å²) in [5.74, 6) is -0.585. The topological polar surface area (TPSA) is 57.5 Å². The maximum Gasteiger partial charge on any atom is 0.340 e. The highest BCUT2D eigenvalue weighted by Crippen LogP contribution is 2.53. The summed E-state index contributed by atoms with van der Waals surface area (Å²) in [5, 5.41) is 2.19. The van der Waals surface area contributed by atoms with E-state index in [9.17, 15) is 9.59 Å². The molecule has 2 unspecified atom stereocenters. The van der Waals surface area contributed by atoms with E-state index in [4.69, 9.17) is 9.47 Å². The van der Waals surface area contributed by atoms with Crippen molar-refractivity contribution < 1.29 is 19.1 Å². The van der Waals surface area contributed by atoms with E-state index in [1.165, 1.54) is 5.70 Å². The zero-order valence-electron chi connectivity index (χ0n) is 13.7. The second kappa shape index (κ2) is 5.84. The van der Waals surface area contributed by atoms with Gasteiger partial charge in [0, 0.05) is 17.3 Å². The molecule has 0 aromatic carbocycles. The lowest BCUT2D eigenvalue weighted by Gasteiger charge is -2.25. The third-order valence-electron chi connectivity index (χ3n) is 4.70. The van der Waals surface area contributed by atoms with Crippen molar-refractivity contribution in [2.24, 2.45) is 5.92 Å². The minimum Gasteiger partial charge on any atom is -0.462 e. The number of nitrogens with zero attached hydrogens (tertiary/aromatic N) is 1. The molecule has 126 valence electrons. The number of rotatable bonds is 4. The number of esters is 2. The quantitative estimate of drug-likeness (QED) is 0.781. The third-order valence-corrected chi connectivity index (χ3v) is 5.84. The van der Waals surface area contributed by atoms with Crippen molar-refractivity contribution >= 4 is 29.4 Å². The molecule has 1 aromatic heterocycles. The Labute approximate surface area is 144 Å². The average Bonchev–Trinajstić information content (AvgIpc) is 3.24. The molecule has 0 amide bonds. The van der Waals surface area contributed by atoms with Gasteiger partial charge in [-0.1, -0.05) is 12.2 Å². The molecule has 0 bridgehead atoms. The summed E-state index contributed by atoms with van der Waals surface area (Å²) in [6, 6.07) is 0. The van der Waals surface area contributed by atoms with E-state index in [-0.39, 0.29) is 24.4 Å². The molecule has 0 saturated carbocycles. The SMILES string of the molecule is CCOC(=O)c1c(C(=O)OCC)c2n3c1CCC3=CC1C=CSC21. The van der Waals surface area contributed by atoms with Gasteiger partial charge in [-0.3, -0.25) is 0 Å². The lowest BCUT2D eigenvalue weighted by atomic mass is 9.93. The Morgan fingerprint density at radius 1 is 1.17 bits per heavy atom. The molecule has 3 aliphatic heterocycles. The van der Waals surface area contributed by atoms with Gasteiger partial charge in [0.2, 0.25) is 0 Å². The molecule has 24 heavy (non-hydrogen) atoms. The Balaban J connectivity index is 1.95. The summed E-state index contributed by atoms with van der Waals surface area (Å²) in [6.45, 7) is 4.11. The van der Waals surface area contributed by atoms with E-state index in [1.807, 2.05) is 0 Å². The highest BCUT2D eigenvalue weighted by molar-refractivity contribution is 8.02. The number of carbonyl (C=O) groups excluding carboxylic acids is 2. The van der Waals surface area contributed by atoms with Crippen molar-refractivity contribution in [3.05, 3.63) is 40.1 Å². The molecule has 0 saturated heterocycles. The molecular formula is C18H19NO4S. The van der Waals surface area contributed by atoms with E-state index >= 15 is 0 Å². The largest absolute Gasteiger partial charge is 0.462 e. The van der Waals surface area contributed by atoms with Crippen molar-refractivity contribution in [3.8, 4) is 0 Å². The molecule has 5 nitrogen and oxygen atoms in total. The van der Waals surface area contributed by atoms with Gasteiger partial charge in [0.15, 0.2) is 0 Å². The molecule has 3 aliphatic rings. The second-order valence-corrected chi connectivity index (χ2v) is 7.03. The molecule has 0 fully saturated rings. The van der Waals surface area contributed by atoms with E-state index in [0.29, 0.717) is 11.1 Å². The number of carbonyl (C=O) groups is 2. The van der Waals surface area contributed by atoms with Crippen LogP contribution in [0.2, 0.25) is 0 Å². The predicted octanol–water partition coefficient (Wildman–Crippen LogP) is 3.56. The Bertz CT molecular complexity index is 789. The van der Waals surface area contributed by atoms with Crippen LogP contribution in [0.1, 0.15) is 57.6 Å². The Morgan fingerprint density at radius 2 is 1.88 bits per heavy atom. The molecule has 4 rings (SSSR count). The molecular weight excluding hydrogens is 326 g/mol. The Hall–Kier alpha value is -1.95. The van der Waals surface area contributed by atoms with Crippen LogP contribution in [0, 0.1) is 5.92 Å². The smallest absolute Gasteiger partial charge is 0.340 e. The fourth-order valence-corrected chi connectivity index (χ4v) is 4.99. The Morgan fingerprint density at radius 3 is 2.58 bits per heavy atom. The van der Waals surface area contributed by atoms with Crippen LogP contribution in [-0.2, 0) is 15.9 Å². The van der Waals surface area contributed by atoms with Crippen molar-refractivity contribution in [1.29, 1.82) is 0 Å².